The lowest BCUT2D eigenvalue weighted by Crippen LogP contribution is -2.17. The molecule has 11 nitrogen and oxygen atoms in total. The largest absolute Gasteiger partial charge is 0.394 e. The van der Waals surface area contributed by atoms with Crippen LogP contribution in [0.5, 0.6) is 0 Å². The first-order valence-corrected chi connectivity index (χ1v) is 13.1. The van der Waals surface area contributed by atoms with Crippen LogP contribution in [0.25, 0.3) is 23.0 Å². The second kappa shape index (κ2) is 11.0. The number of rotatable bonds is 9. The van der Waals surface area contributed by atoms with Crippen molar-refractivity contribution in [3.63, 3.8) is 0 Å². The van der Waals surface area contributed by atoms with Crippen molar-refractivity contribution in [2.75, 3.05) is 24.4 Å². The van der Waals surface area contributed by atoms with Gasteiger partial charge in [-0.05, 0) is 49.2 Å². The number of pyridine rings is 1. The van der Waals surface area contributed by atoms with E-state index in [1.165, 1.54) is 0 Å². The van der Waals surface area contributed by atoms with Gasteiger partial charge in [-0.3, -0.25) is 4.98 Å². The summed E-state index contributed by atoms with van der Waals surface area (Å²) in [5.41, 5.74) is 4.21. The molecule has 3 N–H and O–H groups in total. The zero-order valence-corrected chi connectivity index (χ0v) is 22.8. The Morgan fingerprint density at radius 1 is 1.02 bits per heavy atom. The van der Waals surface area contributed by atoms with Crippen LogP contribution in [0.2, 0.25) is 0 Å². The lowest BCUT2D eigenvalue weighted by Gasteiger charge is -2.20. The van der Waals surface area contributed by atoms with E-state index < -0.39 is 17.9 Å². The molecule has 1 unspecified atom stereocenters. The Morgan fingerprint density at radius 2 is 1.85 bits per heavy atom. The van der Waals surface area contributed by atoms with Crippen molar-refractivity contribution >= 4 is 17.5 Å². The van der Waals surface area contributed by atoms with E-state index in [4.69, 9.17) is 19.0 Å². The molecule has 1 aliphatic heterocycles. The minimum absolute atomic E-state index is 0.167. The molecule has 0 fully saturated rings. The molecule has 0 bridgehead atoms. The van der Waals surface area contributed by atoms with Crippen molar-refractivity contribution in [1.29, 1.82) is 0 Å². The summed E-state index contributed by atoms with van der Waals surface area (Å²) in [5, 5.41) is 21.0. The van der Waals surface area contributed by atoms with Crippen LogP contribution < -0.4 is 10.6 Å². The highest BCUT2D eigenvalue weighted by atomic mass is 16.7. The van der Waals surface area contributed by atoms with E-state index in [0.29, 0.717) is 28.8 Å². The maximum Gasteiger partial charge on any atom is 0.263 e. The second-order valence-corrected chi connectivity index (χ2v) is 10.0. The molecular formula is C30H29N7O4. The van der Waals surface area contributed by atoms with Crippen molar-refractivity contribution < 1.29 is 19.1 Å². The smallest absolute Gasteiger partial charge is 0.263 e. The Bertz CT molecular complexity index is 1640. The molecular weight excluding hydrogens is 522 g/mol. The number of hydrogen-bond donors (Lipinski definition) is 3. The molecule has 0 spiro atoms. The lowest BCUT2D eigenvalue weighted by atomic mass is 9.95. The highest BCUT2D eigenvalue weighted by Crippen LogP contribution is 2.44. The monoisotopic (exact) mass is 551 g/mol. The van der Waals surface area contributed by atoms with Crippen LogP contribution in [0.4, 0.5) is 17.5 Å². The number of aliphatic hydroxyl groups excluding tert-OH is 1. The quantitative estimate of drug-likeness (QED) is 0.217. The van der Waals surface area contributed by atoms with Gasteiger partial charge >= 0.3 is 0 Å². The zero-order valence-electron chi connectivity index (χ0n) is 22.8. The van der Waals surface area contributed by atoms with Gasteiger partial charge in [0.15, 0.2) is 6.29 Å². The molecule has 1 aliphatic rings. The van der Waals surface area contributed by atoms with E-state index >= 15 is 0 Å². The fourth-order valence-electron chi connectivity index (χ4n) is 4.79. The average molecular weight is 552 g/mol. The Morgan fingerprint density at radius 3 is 2.61 bits per heavy atom. The first-order chi connectivity index (χ1) is 19.9. The zero-order chi connectivity index (χ0) is 28.4. The van der Waals surface area contributed by atoms with E-state index in [-0.39, 0.29) is 12.5 Å². The highest BCUT2D eigenvalue weighted by molar-refractivity contribution is 5.71. The normalized spacial score (nSPS) is 16.2. The number of nitrogens with zero attached hydrogens (tertiary/aromatic N) is 5. The maximum atomic E-state index is 10.2. The number of hydrogen-bond acceptors (Lipinski definition) is 11. The molecule has 2 aromatic carbocycles. The second-order valence-electron chi connectivity index (χ2n) is 10.0. The molecule has 208 valence electrons. The van der Waals surface area contributed by atoms with Crippen molar-refractivity contribution in [2.45, 2.75) is 31.8 Å². The molecule has 2 atom stereocenters. The number of anilines is 3. The average Bonchev–Trinajstić information content (AvgIpc) is 3.59. The van der Waals surface area contributed by atoms with Crippen LogP contribution in [0.1, 0.15) is 42.9 Å². The summed E-state index contributed by atoms with van der Waals surface area (Å²) in [6.07, 6.45) is 2.85. The lowest BCUT2D eigenvalue weighted by molar-refractivity contribution is -0.175. The first kappa shape index (κ1) is 26.5. The molecule has 0 amide bonds. The van der Waals surface area contributed by atoms with Gasteiger partial charge in [-0.2, -0.15) is 9.97 Å². The summed E-state index contributed by atoms with van der Waals surface area (Å²) in [7, 11) is 1.63. The Balaban J connectivity index is 1.35. The molecule has 5 aromatic rings. The minimum Gasteiger partial charge on any atom is -0.394 e. The number of aliphatic hydroxyl groups is 1. The summed E-state index contributed by atoms with van der Waals surface area (Å²) >= 11 is 0. The summed E-state index contributed by atoms with van der Waals surface area (Å²) in [6.45, 7) is 3.84. The van der Waals surface area contributed by atoms with Crippen molar-refractivity contribution in [1.82, 2.24) is 25.1 Å². The number of nitrogens with one attached hydrogen (secondary N) is 2. The van der Waals surface area contributed by atoms with Crippen LogP contribution in [0, 0.1) is 0 Å². The predicted molar refractivity (Wildman–Crippen MR) is 152 cm³/mol. The number of ether oxygens (including phenoxy) is 2. The molecule has 6 rings (SSSR count). The van der Waals surface area contributed by atoms with Gasteiger partial charge in [-0.25, -0.2) is 4.98 Å². The van der Waals surface area contributed by atoms with E-state index in [2.05, 4.69) is 30.7 Å². The number of fused-ring (bicyclic) bond motifs is 1. The SMILES string of the molecule is COC1OC(C)(C)c2cc(Nc3ncc(-c4nc(-c5ccccn5)no4)c(N[C@H](CO)c4ccccc4)n3)ccc21. The van der Waals surface area contributed by atoms with Crippen LogP contribution in [0.15, 0.2) is 83.6 Å². The van der Waals surface area contributed by atoms with Crippen LogP contribution in [0.3, 0.4) is 0 Å². The van der Waals surface area contributed by atoms with Gasteiger partial charge < -0.3 is 29.7 Å². The third-order valence-corrected chi connectivity index (χ3v) is 6.86. The van der Waals surface area contributed by atoms with Gasteiger partial charge in [-0.15, -0.1) is 0 Å². The van der Waals surface area contributed by atoms with E-state index in [1.54, 1.807) is 25.6 Å². The number of aromatic nitrogens is 5. The summed E-state index contributed by atoms with van der Waals surface area (Å²) in [5.74, 6) is 1.30. The maximum absolute atomic E-state index is 10.2. The molecule has 0 saturated heterocycles. The third-order valence-electron chi connectivity index (χ3n) is 6.86. The predicted octanol–water partition coefficient (Wildman–Crippen LogP) is 5.39. The van der Waals surface area contributed by atoms with Gasteiger partial charge in [-0.1, -0.05) is 47.6 Å². The summed E-state index contributed by atoms with van der Waals surface area (Å²) in [6, 6.07) is 20.5. The number of methoxy groups -OCH3 is 1. The van der Waals surface area contributed by atoms with Gasteiger partial charge in [0.1, 0.15) is 17.1 Å². The standard InChI is InChI=1S/C30H29N7O4/c1-30(2)22-15-19(12-13-20(22)28(39-3)40-30)33-29-32-16-21(27-35-26(37-41-27)23-11-7-8-14-31-23)25(36-29)34-24(17-38)18-9-5-4-6-10-18/h4-16,24,28,38H,17H2,1-3H3,(H2,32,33,34,36)/t24-,28?/m1/s1. The fourth-order valence-corrected chi connectivity index (χ4v) is 4.79. The molecule has 41 heavy (non-hydrogen) atoms. The van der Waals surface area contributed by atoms with E-state index in [9.17, 15) is 5.11 Å². The molecule has 11 heteroatoms. The van der Waals surface area contributed by atoms with Crippen LogP contribution >= 0.6 is 0 Å². The van der Waals surface area contributed by atoms with Crippen molar-refractivity contribution in [2.24, 2.45) is 0 Å². The third kappa shape index (κ3) is 5.38. The fraction of sp³-hybridized carbons (Fsp3) is 0.233. The Kier molecular flexibility index (Phi) is 7.14. The Labute approximate surface area is 236 Å². The van der Waals surface area contributed by atoms with E-state index in [1.807, 2.05) is 74.5 Å². The number of benzene rings is 2. The molecule has 0 radical (unpaired) electrons. The van der Waals surface area contributed by atoms with Gasteiger partial charge in [0, 0.05) is 30.8 Å². The minimum atomic E-state index is -0.515. The van der Waals surface area contributed by atoms with Crippen molar-refractivity contribution in [3.8, 4) is 23.0 Å². The van der Waals surface area contributed by atoms with Gasteiger partial charge in [0.25, 0.3) is 5.89 Å². The molecule has 0 saturated carbocycles. The first-order valence-electron chi connectivity index (χ1n) is 13.1. The Hall–Kier alpha value is -4.71. The van der Waals surface area contributed by atoms with Crippen LogP contribution in [-0.4, -0.2) is 43.9 Å². The highest BCUT2D eigenvalue weighted by Gasteiger charge is 2.38. The van der Waals surface area contributed by atoms with Gasteiger partial charge in [0.05, 0.1) is 18.2 Å². The summed E-state index contributed by atoms with van der Waals surface area (Å²) in [4.78, 5) is 18.1. The molecule has 4 heterocycles. The molecule has 0 aliphatic carbocycles. The topological polar surface area (TPSA) is 140 Å². The van der Waals surface area contributed by atoms with Crippen molar-refractivity contribution in [3.05, 3.63) is 95.8 Å². The van der Waals surface area contributed by atoms with Crippen LogP contribution in [-0.2, 0) is 15.1 Å². The van der Waals surface area contributed by atoms with E-state index in [0.717, 1.165) is 22.4 Å². The van der Waals surface area contributed by atoms with Gasteiger partial charge in [0.2, 0.25) is 11.8 Å². The molecule has 3 aromatic heterocycles. The summed E-state index contributed by atoms with van der Waals surface area (Å²) < 4.78 is 17.1.